The molecular formula is C10H16N2O4S2. The molecule has 1 N–H and O–H groups in total. The third kappa shape index (κ3) is 3.27. The van der Waals surface area contributed by atoms with Crippen LogP contribution in [0.1, 0.15) is 30.8 Å². The number of aromatic carboxylic acids is 1. The van der Waals surface area contributed by atoms with Crippen LogP contribution in [0.5, 0.6) is 0 Å². The van der Waals surface area contributed by atoms with Gasteiger partial charge in [-0.25, -0.2) is 22.5 Å². The Balaban J connectivity index is 2.99. The van der Waals surface area contributed by atoms with Gasteiger partial charge in [-0.2, -0.15) is 0 Å². The van der Waals surface area contributed by atoms with E-state index >= 15 is 0 Å². The molecule has 0 bridgehead atoms. The van der Waals surface area contributed by atoms with Gasteiger partial charge in [0.15, 0.2) is 9.90 Å². The largest absolute Gasteiger partial charge is 0.476 e. The van der Waals surface area contributed by atoms with Crippen molar-refractivity contribution in [3.8, 4) is 0 Å². The Morgan fingerprint density at radius 1 is 1.56 bits per heavy atom. The van der Waals surface area contributed by atoms with E-state index in [0.717, 1.165) is 17.8 Å². The Morgan fingerprint density at radius 2 is 2.17 bits per heavy atom. The van der Waals surface area contributed by atoms with Crippen molar-refractivity contribution in [2.75, 3.05) is 13.6 Å². The number of hydrogen-bond acceptors (Lipinski definition) is 5. The molecule has 0 aliphatic rings. The number of sulfonamides is 1. The van der Waals surface area contributed by atoms with E-state index in [1.165, 1.54) is 16.9 Å². The highest BCUT2D eigenvalue weighted by molar-refractivity contribution is 7.91. The molecule has 1 rings (SSSR count). The molecule has 18 heavy (non-hydrogen) atoms. The zero-order valence-corrected chi connectivity index (χ0v) is 12.1. The number of carboxylic acid groups (broad SMARTS) is 1. The van der Waals surface area contributed by atoms with Gasteiger partial charge >= 0.3 is 5.97 Å². The quantitative estimate of drug-likeness (QED) is 0.858. The van der Waals surface area contributed by atoms with Gasteiger partial charge in [-0.15, -0.1) is 11.3 Å². The van der Waals surface area contributed by atoms with Crippen LogP contribution in [0.15, 0.2) is 9.72 Å². The van der Waals surface area contributed by atoms with E-state index in [1.54, 1.807) is 0 Å². The Bertz CT molecular complexity index is 522. The number of carboxylic acids is 1. The summed E-state index contributed by atoms with van der Waals surface area (Å²) in [5.74, 6) is -0.949. The average Bonchev–Trinajstić information content (AvgIpc) is 2.74. The summed E-state index contributed by atoms with van der Waals surface area (Å²) in [4.78, 5) is 14.5. The summed E-state index contributed by atoms with van der Waals surface area (Å²) in [7, 11) is -2.31. The van der Waals surface area contributed by atoms with Crippen LogP contribution in [0.3, 0.4) is 0 Å². The molecule has 1 heterocycles. The Morgan fingerprint density at radius 3 is 2.67 bits per heavy atom. The maximum absolute atomic E-state index is 12.2. The molecule has 0 saturated heterocycles. The van der Waals surface area contributed by atoms with E-state index < -0.39 is 21.7 Å². The minimum absolute atomic E-state index is 0.207. The van der Waals surface area contributed by atoms with Crippen molar-refractivity contribution in [1.82, 2.24) is 9.29 Å². The van der Waals surface area contributed by atoms with Gasteiger partial charge in [-0.05, 0) is 12.3 Å². The third-order valence-electron chi connectivity index (χ3n) is 2.40. The molecule has 102 valence electrons. The van der Waals surface area contributed by atoms with Gasteiger partial charge in [-0.1, -0.05) is 13.8 Å². The molecule has 0 aliphatic carbocycles. The summed E-state index contributed by atoms with van der Waals surface area (Å²) in [5.41, 5.74) is 0.823. The van der Waals surface area contributed by atoms with Crippen LogP contribution in [0.2, 0.25) is 0 Å². The Labute approximate surface area is 110 Å². The first-order valence-electron chi connectivity index (χ1n) is 5.40. The molecule has 6 nitrogen and oxygen atoms in total. The summed E-state index contributed by atoms with van der Waals surface area (Å²) < 4.78 is 25.3. The van der Waals surface area contributed by atoms with Gasteiger partial charge in [0, 0.05) is 13.6 Å². The summed E-state index contributed by atoms with van der Waals surface area (Å²) >= 11 is 0.826. The van der Waals surface area contributed by atoms with Gasteiger partial charge in [0.25, 0.3) is 10.0 Å². The van der Waals surface area contributed by atoms with E-state index in [1.807, 2.05) is 13.8 Å². The van der Waals surface area contributed by atoms with Crippen LogP contribution < -0.4 is 0 Å². The number of hydrogen-bond donors (Lipinski definition) is 1. The lowest BCUT2D eigenvalue weighted by Crippen LogP contribution is -2.29. The topological polar surface area (TPSA) is 87.6 Å². The highest BCUT2D eigenvalue weighted by Gasteiger charge is 2.29. The normalized spacial score (nSPS) is 12.3. The predicted molar refractivity (Wildman–Crippen MR) is 68.3 cm³/mol. The van der Waals surface area contributed by atoms with Crippen LogP contribution in [0, 0.1) is 5.92 Å². The monoisotopic (exact) mass is 292 g/mol. The van der Waals surface area contributed by atoms with Crippen molar-refractivity contribution in [1.29, 1.82) is 0 Å². The second-order valence-corrected chi connectivity index (χ2v) is 7.40. The molecule has 1 aromatic rings. The maximum atomic E-state index is 12.2. The van der Waals surface area contributed by atoms with Gasteiger partial charge < -0.3 is 5.11 Å². The van der Waals surface area contributed by atoms with Gasteiger partial charge in [0.05, 0.1) is 5.51 Å². The summed E-state index contributed by atoms with van der Waals surface area (Å²) in [6, 6.07) is 0. The maximum Gasteiger partial charge on any atom is 0.356 e. The van der Waals surface area contributed by atoms with Gasteiger partial charge in [-0.3, -0.25) is 0 Å². The van der Waals surface area contributed by atoms with Crippen LogP contribution in [-0.2, 0) is 10.0 Å². The van der Waals surface area contributed by atoms with Crippen LogP contribution in [0.4, 0.5) is 0 Å². The van der Waals surface area contributed by atoms with Crippen LogP contribution >= 0.6 is 11.3 Å². The number of rotatable bonds is 6. The standard InChI is InChI=1S/C10H16N2O4S2/c1-7(2)4-5-12(3)18(15,16)10-8(9(13)14)11-6-17-10/h6-7H,4-5H2,1-3H3,(H,13,14). The molecule has 0 aliphatic heterocycles. The first-order chi connectivity index (χ1) is 8.26. The minimum atomic E-state index is -3.76. The first-order valence-corrected chi connectivity index (χ1v) is 7.72. The predicted octanol–water partition coefficient (Wildman–Crippen LogP) is 1.51. The smallest absolute Gasteiger partial charge is 0.356 e. The number of aromatic nitrogens is 1. The van der Waals surface area contributed by atoms with E-state index in [4.69, 9.17) is 5.11 Å². The zero-order valence-electron chi connectivity index (χ0n) is 10.5. The number of thiazole rings is 1. The summed E-state index contributed by atoms with van der Waals surface area (Å²) in [6.45, 7) is 4.35. The van der Waals surface area contributed by atoms with E-state index in [0.29, 0.717) is 12.5 Å². The highest BCUT2D eigenvalue weighted by Crippen LogP contribution is 2.23. The second-order valence-electron chi connectivity index (χ2n) is 4.30. The molecule has 0 saturated carbocycles. The molecule has 0 aromatic carbocycles. The average molecular weight is 292 g/mol. The molecule has 0 spiro atoms. The zero-order chi connectivity index (χ0) is 13.9. The molecule has 0 atom stereocenters. The Kier molecular flexibility index (Phi) is 4.83. The van der Waals surface area contributed by atoms with Gasteiger partial charge in [0.2, 0.25) is 0 Å². The Hall–Kier alpha value is -0.990. The molecule has 0 amide bonds. The number of nitrogens with zero attached hydrogens (tertiary/aromatic N) is 2. The van der Waals surface area contributed by atoms with Crippen LogP contribution in [-0.4, -0.2) is 42.4 Å². The fourth-order valence-electron chi connectivity index (χ4n) is 1.26. The van der Waals surface area contributed by atoms with E-state index in [-0.39, 0.29) is 4.21 Å². The lowest BCUT2D eigenvalue weighted by molar-refractivity contribution is 0.0687. The van der Waals surface area contributed by atoms with Crippen molar-refractivity contribution >= 4 is 27.3 Å². The molecular weight excluding hydrogens is 276 g/mol. The fraction of sp³-hybridized carbons (Fsp3) is 0.600. The molecule has 8 heteroatoms. The second kappa shape index (κ2) is 5.77. The fourth-order valence-corrected chi connectivity index (χ4v) is 3.78. The summed E-state index contributed by atoms with van der Waals surface area (Å²) in [5, 5.41) is 8.88. The third-order valence-corrected chi connectivity index (χ3v) is 5.61. The van der Waals surface area contributed by atoms with E-state index in [2.05, 4.69) is 4.98 Å². The molecule has 1 aromatic heterocycles. The first kappa shape index (κ1) is 15.1. The van der Waals surface area contributed by atoms with Crippen LogP contribution in [0.25, 0.3) is 0 Å². The summed E-state index contributed by atoms with van der Waals surface area (Å²) in [6.07, 6.45) is 0.719. The SMILES string of the molecule is CC(C)CCN(C)S(=O)(=O)c1scnc1C(=O)O. The lowest BCUT2D eigenvalue weighted by Gasteiger charge is -2.17. The van der Waals surface area contributed by atoms with Crippen molar-refractivity contribution in [2.45, 2.75) is 24.5 Å². The van der Waals surface area contributed by atoms with Crippen molar-refractivity contribution in [2.24, 2.45) is 5.92 Å². The molecule has 0 unspecified atom stereocenters. The van der Waals surface area contributed by atoms with Crippen molar-refractivity contribution in [3.05, 3.63) is 11.2 Å². The van der Waals surface area contributed by atoms with E-state index in [9.17, 15) is 13.2 Å². The molecule has 0 fully saturated rings. The van der Waals surface area contributed by atoms with Gasteiger partial charge in [0.1, 0.15) is 0 Å². The lowest BCUT2D eigenvalue weighted by atomic mass is 10.1. The highest BCUT2D eigenvalue weighted by atomic mass is 32.2. The molecule has 0 radical (unpaired) electrons. The minimum Gasteiger partial charge on any atom is -0.476 e. The van der Waals surface area contributed by atoms with Crippen molar-refractivity contribution < 1.29 is 18.3 Å². The van der Waals surface area contributed by atoms with Crippen molar-refractivity contribution in [3.63, 3.8) is 0 Å². The number of carbonyl (C=O) groups is 1.